The molecule has 304 valence electrons. The summed E-state index contributed by atoms with van der Waals surface area (Å²) < 4.78 is 89.6. The Hall–Kier alpha value is -4.79. The van der Waals surface area contributed by atoms with Crippen molar-refractivity contribution in [2.24, 2.45) is 0 Å². The van der Waals surface area contributed by atoms with Crippen molar-refractivity contribution in [1.82, 2.24) is 0 Å². The molecule has 0 amide bonds. The fourth-order valence-electron chi connectivity index (χ4n) is 6.87. The molecule has 2 saturated heterocycles. The molecule has 2 aliphatic heterocycles. The summed E-state index contributed by atoms with van der Waals surface area (Å²) in [6.45, 7) is 2.09. The Labute approximate surface area is 338 Å². The van der Waals surface area contributed by atoms with Gasteiger partial charge in [0.1, 0.15) is 22.4 Å². The lowest BCUT2D eigenvalue weighted by molar-refractivity contribution is -0.106. The molecule has 0 aliphatic carbocycles. The van der Waals surface area contributed by atoms with Crippen molar-refractivity contribution >= 4 is 42.6 Å². The summed E-state index contributed by atoms with van der Waals surface area (Å²) in [6.07, 6.45) is 6.76. The van der Waals surface area contributed by atoms with Crippen molar-refractivity contribution in [3.63, 3.8) is 0 Å². The van der Waals surface area contributed by atoms with Crippen LogP contribution >= 0.6 is 0 Å². The maximum Gasteiger partial charge on any atom is 0.485 e. The molecule has 2 aliphatic rings. The predicted molar refractivity (Wildman–Crippen MR) is 216 cm³/mol. The second kappa shape index (κ2) is 18.9. The Kier molecular flexibility index (Phi) is 13.5. The van der Waals surface area contributed by atoms with E-state index in [4.69, 9.17) is 36.7 Å². The van der Waals surface area contributed by atoms with Gasteiger partial charge in [-0.2, -0.15) is 13.2 Å². The molecule has 2 atom stereocenters. The highest BCUT2D eigenvalue weighted by atomic mass is 32.2. The molecule has 0 radical (unpaired) electrons. The lowest BCUT2D eigenvalue weighted by Gasteiger charge is -2.23. The van der Waals surface area contributed by atoms with Gasteiger partial charge in [0.2, 0.25) is 4.90 Å². The van der Waals surface area contributed by atoms with Crippen LogP contribution in [0.3, 0.4) is 0 Å². The SMILES string of the molecule is O=S(=O)([O-])C(F)(F)F.c1ccc([S+](c2ccc(OC3CCCCO3)cc2)c2ccc(OC3CCCCO3)cc2)c(OCCc2cccc3cc4ccccc4cc23)c1. The van der Waals surface area contributed by atoms with Gasteiger partial charge in [-0.05, 0) is 126 Å². The maximum atomic E-state index is 10.7. The van der Waals surface area contributed by atoms with Gasteiger partial charge in [0.25, 0.3) is 0 Å². The molecule has 6 aromatic rings. The molecule has 58 heavy (non-hydrogen) atoms. The van der Waals surface area contributed by atoms with E-state index in [9.17, 15) is 13.2 Å². The molecule has 8 rings (SSSR count). The van der Waals surface area contributed by atoms with E-state index >= 15 is 0 Å². The first-order valence-electron chi connectivity index (χ1n) is 19.2. The van der Waals surface area contributed by atoms with Gasteiger partial charge in [-0.3, -0.25) is 0 Å². The summed E-state index contributed by atoms with van der Waals surface area (Å²) >= 11 is 0. The van der Waals surface area contributed by atoms with Crippen LogP contribution in [0.4, 0.5) is 13.2 Å². The lowest BCUT2D eigenvalue weighted by Crippen LogP contribution is -2.25. The highest BCUT2D eigenvalue weighted by Gasteiger charge is 2.37. The van der Waals surface area contributed by atoms with Gasteiger partial charge in [0.15, 0.2) is 38.2 Å². The van der Waals surface area contributed by atoms with Gasteiger partial charge in [0.05, 0.1) is 19.8 Å². The molecule has 6 aromatic carbocycles. The first-order chi connectivity index (χ1) is 28.0. The minimum Gasteiger partial charge on any atom is -0.741 e. The Morgan fingerprint density at radius 2 is 1.17 bits per heavy atom. The molecule has 0 aromatic heterocycles. The Morgan fingerprint density at radius 1 is 0.655 bits per heavy atom. The van der Waals surface area contributed by atoms with Crippen LogP contribution in [0.2, 0.25) is 0 Å². The number of halogens is 3. The zero-order chi connectivity index (χ0) is 40.5. The summed E-state index contributed by atoms with van der Waals surface area (Å²) in [5.74, 6) is 2.55. The van der Waals surface area contributed by atoms with Gasteiger partial charge >= 0.3 is 5.51 Å². The number of alkyl halides is 3. The number of hydrogen-bond donors (Lipinski definition) is 0. The maximum absolute atomic E-state index is 10.7. The molecular formula is C45H43F3O8S2. The lowest BCUT2D eigenvalue weighted by atomic mass is 9.98. The minimum atomic E-state index is -6.09. The molecule has 13 heteroatoms. The zero-order valence-corrected chi connectivity index (χ0v) is 33.2. The highest BCUT2D eigenvalue weighted by molar-refractivity contribution is 7.97. The number of ether oxygens (including phenoxy) is 5. The van der Waals surface area contributed by atoms with Crippen LogP contribution in [-0.2, 0) is 36.9 Å². The number of fused-ring (bicyclic) bond motifs is 2. The molecule has 0 spiro atoms. The fourth-order valence-corrected chi connectivity index (χ4v) is 9.01. The molecular weight excluding hydrogens is 790 g/mol. The van der Waals surface area contributed by atoms with Crippen molar-refractivity contribution in [2.75, 3.05) is 19.8 Å². The second-order valence-electron chi connectivity index (χ2n) is 13.9. The normalized spacial score (nSPS) is 17.9. The number of rotatable bonds is 11. The fraction of sp³-hybridized carbons (Fsp3) is 0.289. The van der Waals surface area contributed by atoms with Gasteiger partial charge in [-0.1, -0.05) is 54.6 Å². The van der Waals surface area contributed by atoms with Crippen LogP contribution in [0, 0.1) is 0 Å². The topological polar surface area (TPSA) is 103 Å². The van der Waals surface area contributed by atoms with Crippen molar-refractivity contribution in [1.29, 1.82) is 0 Å². The van der Waals surface area contributed by atoms with Crippen LogP contribution in [0.5, 0.6) is 17.2 Å². The van der Waals surface area contributed by atoms with E-state index in [1.807, 2.05) is 0 Å². The smallest absolute Gasteiger partial charge is 0.485 e. The van der Waals surface area contributed by atoms with Crippen molar-refractivity contribution in [2.45, 2.75) is 77.7 Å². The molecule has 2 fully saturated rings. The number of hydrogen-bond acceptors (Lipinski definition) is 8. The first-order valence-corrected chi connectivity index (χ1v) is 21.8. The third-order valence-corrected chi connectivity index (χ3v) is 12.6. The van der Waals surface area contributed by atoms with Crippen molar-refractivity contribution in [3.05, 3.63) is 133 Å². The van der Waals surface area contributed by atoms with Gasteiger partial charge in [-0.25, -0.2) is 8.42 Å². The van der Waals surface area contributed by atoms with Crippen LogP contribution in [0.15, 0.2) is 142 Å². The number of para-hydroxylation sites is 1. The third-order valence-electron chi connectivity index (χ3n) is 9.75. The van der Waals surface area contributed by atoms with E-state index in [0.717, 1.165) is 80.3 Å². The van der Waals surface area contributed by atoms with Gasteiger partial charge in [0, 0.05) is 19.3 Å². The molecule has 0 bridgehead atoms. The Balaban J connectivity index is 0.000000581. The highest BCUT2D eigenvalue weighted by Crippen LogP contribution is 2.38. The molecule has 8 nitrogen and oxygen atoms in total. The molecule has 2 unspecified atom stereocenters. The van der Waals surface area contributed by atoms with Crippen LogP contribution in [0.25, 0.3) is 21.5 Å². The van der Waals surface area contributed by atoms with E-state index in [1.54, 1.807) is 0 Å². The average Bonchev–Trinajstić information content (AvgIpc) is 3.22. The quantitative estimate of drug-likeness (QED) is 0.0550. The van der Waals surface area contributed by atoms with Crippen molar-refractivity contribution < 1.29 is 49.8 Å². The Bertz CT molecular complexity index is 2310. The largest absolute Gasteiger partial charge is 0.741 e. The van der Waals surface area contributed by atoms with E-state index in [2.05, 4.69) is 127 Å². The zero-order valence-electron chi connectivity index (χ0n) is 31.6. The average molecular weight is 833 g/mol. The van der Waals surface area contributed by atoms with Crippen LogP contribution in [0.1, 0.15) is 44.1 Å². The monoisotopic (exact) mass is 832 g/mol. The summed E-state index contributed by atoms with van der Waals surface area (Å²) in [4.78, 5) is 3.51. The van der Waals surface area contributed by atoms with E-state index < -0.39 is 26.5 Å². The van der Waals surface area contributed by atoms with Crippen LogP contribution in [-0.4, -0.2) is 50.9 Å². The van der Waals surface area contributed by atoms with Gasteiger partial charge in [-0.15, -0.1) is 0 Å². The summed E-state index contributed by atoms with van der Waals surface area (Å²) in [5.41, 5.74) is -4.35. The van der Waals surface area contributed by atoms with E-state index in [-0.39, 0.29) is 12.6 Å². The summed E-state index contributed by atoms with van der Waals surface area (Å²) in [5, 5.41) is 5.06. The summed E-state index contributed by atoms with van der Waals surface area (Å²) in [6, 6.07) is 45.2. The second-order valence-corrected chi connectivity index (χ2v) is 17.2. The van der Waals surface area contributed by atoms with E-state index in [0.29, 0.717) is 6.61 Å². The minimum absolute atomic E-state index is 0.178. The standard InChI is InChI=1S/C44H43O5S.CHF3O3S/c1-2-11-34-31-40-32(12-9-13-35(40)30-33(34)10-1)26-29-45-41-14-3-4-15-42(41)50(38-22-18-36(19-23-38)48-43-16-5-7-27-46-43)39-24-20-37(21-25-39)49-44-17-6-8-28-47-44;2-1(3,4)8(5,6)7/h1-4,9-15,18-25,30-31,43-44H,5-8,16-17,26-29H2;(H,5,6,7)/q+1;/p-1. The van der Waals surface area contributed by atoms with Crippen molar-refractivity contribution in [3.8, 4) is 17.2 Å². The van der Waals surface area contributed by atoms with Crippen LogP contribution < -0.4 is 14.2 Å². The Morgan fingerprint density at radius 3 is 1.71 bits per heavy atom. The predicted octanol–water partition coefficient (Wildman–Crippen LogP) is 10.6. The van der Waals surface area contributed by atoms with Gasteiger partial charge < -0.3 is 28.2 Å². The molecule has 0 saturated carbocycles. The molecule has 0 N–H and O–H groups in total. The van der Waals surface area contributed by atoms with E-state index in [1.165, 1.54) is 36.9 Å². The number of benzene rings is 6. The summed E-state index contributed by atoms with van der Waals surface area (Å²) in [7, 11) is -6.53. The first kappa shape index (κ1) is 41.4. The molecule has 2 heterocycles. The third kappa shape index (κ3) is 10.6.